The Morgan fingerprint density at radius 1 is 1.58 bits per heavy atom. The zero-order chi connectivity index (χ0) is 9.14. The predicted octanol–water partition coefficient (Wildman–Crippen LogP) is 0.605. The van der Waals surface area contributed by atoms with Gasteiger partial charge in [-0.2, -0.15) is 0 Å². The van der Waals surface area contributed by atoms with Crippen LogP contribution in [0.2, 0.25) is 0 Å². The summed E-state index contributed by atoms with van der Waals surface area (Å²) in [5.41, 5.74) is 0. The predicted molar refractivity (Wildman–Crippen MR) is 48.9 cm³/mol. The van der Waals surface area contributed by atoms with E-state index in [-0.39, 0.29) is 11.9 Å². The monoisotopic (exact) mass is 170 g/mol. The second-order valence-corrected chi connectivity index (χ2v) is 3.78. The molecule has 1 unspecified atom stereocenters. The molecule has 3 nitrogen and oxygen atoms in total. The van der Waals surface area contributed by atoms with Crippen LogP contribution in [0, 0.1) is 0 Å². The van der Waals surface area contributed by atoms with Crippen molar-refractivity contribution in [3.8, 4) is 0 Å². The van der Waals surface area contributed by atoms with E-state index in [1.807, 2.05) is 11.9 Å². The summed E-state index contributed by atoms with van der Waals surface area (Å²) < 4.78 is 0. The van der Waals surface area contributed by atoms with Gasteiger partial charge in [-0.25, -0.2) is 0 Å². The van der Waals surface area contributed by atoms with Crippen LogP contribution in [0.1, 0.15) is 26.7 Å². The van der Waals surface area contributed by atoms with Gasteiger partial charge in [0.05, 0.1) is 6.04 Å². The molecule has 1 aliphatic heterocycles. The number of carbonyl (C=O) groups excluding carboxylic acids is 1. The highest BCUT2D eigenvalue weighted by atomic mass is 16.2. The average Bonchev–Trinajstić information content (AvgIpc) is 1.98. The molecule has 0 spiro atoms. The summed E-state index contributed by atoms with van der Waals surface area (Å²) in [5.74, 6) is 0.245. The maximum absolute atomic E-state index is 11.5. The zero-order valence-corrected chi connectivity index (χ0v) is 8.13. The number of likely N-dealkylation sites (tertiary alicyclic amines) is 1. The Bertz CT molecular complexity index is 168. The molecule has 70 valence electrons. The molecule has 1 amide bonds. The van der Waals surface area contributed by atoms with Crippen molar-refractivity contribution < 1.29 is 4.79 Å². The quantitative estimate of drug-likeness (QED) is 0.658. The van der Waals surface area contributed by atoms with E-state index < -0.39 is 0 Å². The molecule has 0 saturated carbocycles. The topological polar surface area (TPSA) is 32.3 Å². The van der Waals surface area contributed by atoms with Crippen LogP contribution in [-0.4, -0.2) is 36.5 Å². The lowest BCUT2D eigenvalue weighted by Crippen LogP contribution is -2.50. The molecule has 0 aliphatic carbocycles. The molecular weight excluding hydrogens is 152 g/mol. The van der Waals surface area contributed by atoms with Crippen molar-refractivity contribution in [2.75, 3.05) is 13.6 Å². The van der Waals surface area contributed by atoms with Crippen LogP contribution in [0.15, 0.2) is 0 Å². The molecule has 1 fully saturated rings. The summed E-state index contributed by atoms with van der Waals surface area (Å²) in [6, 6.07) is 0.453. The molecule has 3 heteroatoms. The van der Waals surface area contributed by atoms with Crippen LogP contribution in [0.4, 0.5) is 0 Å². The largest absolute Gasteiger partial charge is 0.344 e. The number of carbonyl (C=O) groups is 1. The first-order chi connectivity index (χ1) is 5.61. The third-order valence-electron chi connectivity index (χ3n) is 2.20. The molecule has 12 heavy (non-hydrogen) atoms. The third kappa shape index (κ3) is 2.21. The standard InChI is InChI=1S/C9H18N2O/c1-7(2)10-8-5-4-6-11(3)9(8)12/h7-8,10H,4-6H2,1-3H3. The molecule has 0 aromatic carbocycles. The molecular formula is C9H18N2O. The molecule has 0 radical (unpaired) electrons. The van der Waals surface area contributed by atoms with E-state index >= 15 is 0 Å². The molecule has 1 heterocycles. The van der Waals surface area contributed by atoms with E-state index in [1.54, 1.807) is 0 Å². The fraction of sp³-hybridized carbons (Fsp3) is 0.889. The van der Waals surface area contributed by atoms with Crippen LogP contribution >= 0.6 is 0 Å². The van der Waals surface area contributed by atoms with Crippen molar-refractivity contribution in [1.29, 1.82) is 0 Å². The van der Waals surface area contributed by atoms with Gasteiger partial charge in [-0.1, -0.05) is 13.8 Å². The van der Waals surface area contributed by atoms with Gasteiger partial charge in [-0.15, -0.1) is 0 Å². The van der Waals surface area contributed by atoms with Gasteiger partial charge in [0.25, 0.3) is 0 Å². The molecule has 0 aromatic rings. The lowest BCUT2D eigenvalue weighted by atomic mass is 10.0. The number of piperidine rings is 1. The number of likely N-dealkylation sites (N-methyl/N-ethyl adjacent to an activating group) is 1. The Balaban J connectivity index is 2.46. The van der Waals surface area contributed by atoms with E-state index in [9.17, 15) is 4.79 Å². The Kier molecular flexibility index (Phi) is 3.09. The summed E-state index contributed by atoms with van der Waals surface area (Å²) in [4.78, 5) is 13.3. The lowest BCUT2D eigenvalue weighted by molar-refractivity contribution is -0.134. The van der Waals surface area contributed by atoms with Crippen LogP contribution < -0.4 is 5.32 Å². The van der Waals surface area contributed by atoms with Crippen LogP contribution in [0.3, 0.4) is 0 Å². The van der Waals surface area contributed by atoms with E-state index in [1.165, 1.54) is 0 Å². The minimum Gasteiger partial charge on any atom is -0.344 e. The van der Waals surface area contributed by atoms with Crippen LogP contribution in [-0.2, 0) is 4.79 Å². The summed E-state index contributed by atoms with van der Waals surface area (Å²) in [6.07, 6.45) is 2.11. The van der Waals surface area contributed by atoms with Gasteiger partial charge in [-0.05, 0) is 12.8 Å². The molecule has 1 atom stereocenters. The van der Waals surface area contributed by atoms with Gasteiger partial charge < -0.3 is 10.2 Å². The molecule has 0 bridgehead atoms. The van der Waals surface area contributed by atoms with Crippen molar-refractivity contribution in [3.63, 3.8) is 0 Å². The van der Waals surface area contributed by atoms with Gasteiger partial charge in [0.1, 0.15) is 0 Å². The molecule has 0 aromatic heterocycles. The highest BCUT2D eigenvalue weighted by Gasteiger charge is 2.25. The number of nitrogens with one attached hydrogen (secondary N) is 1. The average molecular weight is 170 g/mol. The summed E-state index contributed by atoms with van der Waals surface area (Å²) in [6.45, 7) is 5.05. The third-order valence-corrected chi connectivity index (χ3v) is 2.20. The van der Waals surface area contributed by atoms with E-state index in [0.29, 0.717) is 6.04 Å². The van der Waals surface area contributed by atoms with Crippen molar-refractivity contribution in [2.24, 2.45) is 0 Å². The highest BCUT2D eigenvalue weighted by Crippen LogP contribution is 2.09. The Morgan fingerprint density at radius 3 is 2.83 bits per heavy atom. The maximum Gasteiger partial charge on any atom is 0.239 e. The Hall–Kier alpha value is -0.570. The van der Waals surface area contributed by atoms with E-state index in [4.69, 9.17) is 0 Å². The van der Waals surface area contributed by atoms with Gasteiger partial charge in [-0.3, -0.25) is 4.79 Å². The van der Waals surface area contributed by atoms with Gasteiger partial charge in [0, 0.05) is 19.6 Å². The van der Waals surface area contributed by atoms with Crippen molar-refractivity contribution in [3.05, 3.63) is 0 Å². The van der Waals surface area contributed by atoms with Crippen molar-refractivity contribution >= 4 is 5.91 Å². The first-order valence-corrected chi connectivity index (χ1v) is 4.62. The molecule has 1 saturated heterocycles. The lowest BCUT2D eigenvalue weighted by Gasteiger charge is -2.30. The van der Waals surface area contributed by atoms with E-state index in [2.05, 4.69) is 19.2 Å². The number of hydrogen-bond acceptors (Lipinski definition) is 2. The first-order valence-electron chi connectivity index (χ1n) is 4.62. The minimum atomic E-state index is 0.0590. The zero-order valence-electron chi connectivity index (χ0n) is 8.13. The number of rotatable bonds is 2. The van der Waals surface area contributed by atoms with Crippen molar-refractivity contribution in [2.45, 2.75) is 38.8 Å². The number of amides is 1. The van der Waals surface area contributed by atoms with Gasteiger partial charge in [0.2, 0.25) is 5.91 Å². The van der Waals surface area contributed by atoms with Crippen molar-refractivity contribution in [1.82, 2.24) is 10.2 Å². The summed E-state index contributed by atoms with van der Waals surface area (Å²) >= 11 is 0. The van der Waals surface area contributed by atoms with Crippen LogP contribution in [0.5, 0.6) is 0 Å². The first kappa shape index (κ1) is 9.52. The normalized spacial score (nSPS) is 25.2. The molecule has 1 rings (SSSR count). The minimum absolute atomic E-state index is 0.0590. The smallest absolute Gasteiger partial charge is 0.239 e. The summed E-state index contributed by atoms with van der Waals surface area (Å²) in [7, 11) is 1.87. The molecule has 1 N–H and O–H groups in total. The second-order valence-electron chi connectivity index (χ2n) is 3.78. The van der Waals surface area contributed by atoms with Crippen LogP contribution in [0.25, 0.3) is 0 Å². The SMILES string of the molecule is CC(C)NC1CCCN(C)C1=O. The Morgan fingerprint density at radius 2 is 2.25 bits per heavy atom. The maximum atomic E-state index is 11.5. The molecule has 1 aliphatic rings. The van der Waals surface area contributed by atoms with E-state index in [0.717, 1.165) is 19.4 Å². The van der Waals surface area contributed by atoms with Gasteiger partial charge in [0.15, 0.2) is 0 Å². The number of nitrogens with zero attached hydrogens (tertiary/aromatic N) is 1. The Labute approximate surface area is 74.1 Å². The second kappa shape index (κ2) is 3.90. The fourth-order valence-electron chi connectivity index (χ4n) is 1.59. The summed E-state index contributed by atoms with van der Waals surface area (Å²) in [5, 5.41) is 3.27. The van der Waals surface area contributed by atoms with Gasteiger partial charge >= 0.3 is 0 Å². The number of hydrogen-bond donors (Lipinski definition) is 1. The fourth-order valence-corrected chi connectivity index (χ4v) is 1.59. The highest BCUT2D eigenvalue weighted by molar-refractivity contribution is 5.82.